The fourth-order valence-electron chi connectivity index (χ4n) is 1.20. The van der Waals surface area contributed by atoms with Crippen molar-refractivity contribution in [1.29, 1.82) is 0 Å². The Kier molecular flexibility index (Phi) is 5.45. The van der Waals surface area contributed by atoms with Gasteiger partial charge in [-0.05, 0) is 18.2 Å². The number of phenolic OH excluding ortho intramolecular Hbond substituents is 1. The van der Waals surface area contributed by atoms with Crippen molar-refractivity contribution in [2.75, 3.05) is 25.5 Å². The third-order valence-corrected chi connectivity index (χ3v) is 3.55. The summed E-state index contributed by atoms with van der Waals surface area (Å²) >= 11 is 0. The van der Waals surface area contributed by atoms with Crippen LogP contribution in [0.4, 0.5) is 14.5 Å². The van der Waals surface area contributed by atoms with Crippen LogP contribution < -0.4 is 10.5 Å². The summed E-state index contributed by atoms with van der Waals surface area (Å²) in [6.07, 6.45) is -2.59. The smallest absolute Gasteiger partial charge is 0.261 e. The van der Waals surface area contributed by atoms with E-state index < -0.39 is 23.1 Å². The van der Waals surface area contributed by atoms with Gasteiger partial charge in [0, 0.05) is 6.54 Å². The maximum atomic E-state index is 11.7. The highest BCUT2D eigenvalue weighted by Crippen LogP contribution is 2.22. The van der Waals surface area contributed by atoms with Gasteiger partial charge in [0.25, 0.3) is 6.43 Å². The van der Waals surface area contributed by atoms with E-state index in [0.29, 0.717) is 0 Å². The number of alkyl halides is 2. The molecular formula is C10H14F2N2O4S. The highest BCUT2D eigenvalue weighted by Gasteiger charge is 2.14. The lowest BCUT2D eigenvalue weighted by molar-refractivity contribution is 0.0199. The molecule has 1 aromatic carbocycles. The Morgan fingerprint density at radius 3 is 2.68 bits per heavy atom. The second-order valence-corrected chi connectivity index (χ2v) is 5.35. The van der Waals surface area contributed by atoms with Crippen LogP contribution in [0.15, 0.2) is 23.1 Å². The lowest BCUT2D eigenvalue weighted by Crippen LogP contribution is -2.28. The molecule has 19 heavy (non-hydrogen) atoms. The molecule has 1 aromatic rings. The minimum atomic E-state index is -3.81. The quantitative estimate of drug-likeness (QED) is 0.387. The number of halogens is 2. The number of hydrogen-bond donors (Lipinski definition) is 3. The minimum Gasteiger partial charge on any atom is -0.506 e. The summed E-state index contributed by atoms with van der Waals surface area (Å²) in [5.41, 5.74) is 5.30. The van der Waals surface area contributed by atoms with E-state index in [2.05, 4.69) is 9.46 Å². The first-order valence-corrected chi connectivity index (χ1v) is 6.75. The molecule has 0 aliphatic heterocycles. The van der Waals surface area contributed by atoms with E-state index in [1.54, 1.807) is 0 Å². The van der Waals surface area contributed by atoms with Crippen LogP contribution in [-0.4, -0.2) is 39.7 Å². The molecule has 0 atom stereocenters. The first-order valence-electron chi connectivity index (χ1n) is 5.27. The van der Waals surface area contributed by atoms with E-state index in [4.69, 9.17) is 5.73 Å². The van der Waals surface area contributed by atoms with Gasteiger partial charge in [0.05, 0.1) is 17.2 Å². The van der Waals surface area contributed by atoms with Crippen molar-refractivity contribution >= 4 is 15.7 Å². The number of benzene rings is 1. The number of anilines is 1. The van der Waals surface area contributed by atoms with Crippen LogP contribution in [0.5, 0.6) is 5.75 Å². The fourth-order valence-corrected chi connectivity index (χ4v) is 2.25. The van der Waals surface area contributed by atoms with Crippen LogP contribution in [0.25, 0.3) is 0 Å². The summed E-state index contributed by atoms with van der Waals surface area (Å²) in [6, 6.07) is 3.42. The highest BCUT2D eigenvalue weighted by atomic mass is 32.2. The van der Waals surface area contributed by atoms with Gasteiger partial charge in [0.15, 0.2) is 0 Å². The van der Waals surface area contributed by atoms with Gasteiger partial charge >= 0.3 is 0 Å². The SMILES string of the molecule is Nc1cc(S(=O)(=O)NCCOCC(F)F)ccc1O. The predicted octanol–water partition coefficient (Wildman–Crippen LogP) is 0.534. The maximum absolute atomic E-state index is 11.7. The van der Waals surface area contributed by atoms with Crippen LogP contribution in [0.3, 0.4) is 0 Å². The van der Waals surface area contributed by atoms with E-state index in [1.807, 2.05) is 0 Å². The molecule has 0 amide bonds. The van der Waals surface area contributed by atoms with Crippen LogP contribution in [0.2, 0.25) is 0 Å². The van der Waals surface area contributed by atoms with Crippen LogP contribution in [0.1, 0.15) is 0 Å². The first-order chi connectivity index (χ1) is 8.83. The number of nitrogens with one attached hydrogen (secondary N) is 1. The molecule has 0 aliphatic carbocycles. The van der Waals surface area contributed by atoms with E-state index in [-0.39, 0.29) is 29.5 Å². The normalized spacial score (nSPS) is 11.9. The van der Waals surface area contributed by atoms with Crippen molar-refractivity contribution in [3.8, 4) is 5.75 Å². The monoisotopic (exact) mass is 296 g/mol. The Balaban J connectivity index is 2.54. The van der Waals surface area contributed by atoms with Crippen LogP contribution in [0, 0.1) is 0 Å². The maximum Gasteiger partial charge on any atom is 0.261 e. The third-order valence-electron chi connectivity index (χ3n) is 2.09. The van der Waals surface area contributed by atoms with Crippen LogP contribution in [-0.2, 0) is 14.8 Å². The van der Waals surface area contributed by atoms with Gasteiger partial charge in [-0.25, -0.2) is 21.9 Å². The third kappa shape index (κ3) is 4.97. The molecular weight excluding hydrogens is 282 g/mol. The molecule has 0 saturated carbocycles. The van der Waals surface area contributed by atoms with Gasteiger partial charge < -0.3 is 15.6 Å². The zero-order valence-corrected chi connectivity index (χ0v) is 10.7. The number of hydrogen-bond acceptors (Lipinski definition) is 5. The number of rotatable bonds is 7. The second-order valence-electron chi connectivity index (χ2n) is 3.58. The summed E-state index contributed by atoms with van der Waals surface area (Å²) in [6.45, 7) is -1.05. The molecule has 0 unspecified atom stereocenters. The number of nitrogen functional groups attached to an aromatic ring is 1. The number of aromatic hydroxyl groups is 1. The summed E-state index contributed by atoms with van der Waals surface area (Å²) < 4.78 is 53.7. The van der Waals surface area contributed by atoms with Crippen LogP contribution >= 0.6 is 0 Å². The minimum absolute atomic E-state index is 0.0724. The van der Waals surface area contributed by atoms with Crippen molar-refractivity contribution < 1.29 is 27.0 Å². The van der Waals surface area contributed by atoms with E-state index >= 15 is 0 Å². The van der Waals surface area contributed by atoms with E-state index in [1.165, 1.54) is 6.07 Å². The summed E-state index contributed by atoms with van der Waals surface area (Å²) in [5.74, 6) is -0.223. The molecule has 0 bridgehead atoms. The van der Waals surface area contributed by atoms with Crippen molar-refractivity contribution in [2.45, 2.75) is 11.3 Å². The number of phenols is 1. The first kappa shape index (κ1) is 15.6. The van der Waals surface area contributed by atoms with Crippen molar-refractivity contribution in [2.24, 2.45) is 0 Å². The Hall–Kier alpha value is -1.45. The Morgan fingerprint density at radius 2 is 2.11 bits per heavy atom. The molecule has 9 heteroatoms. The number of ether oxygens (including phenoxy) is 1. The topological polar surface area (TPSA) is 102 Å². The molecule has 0 heterocycles. The number of sulfonamides is 1. The lowest BCUT2D eigenvalue weighted by Gasteiger charge is -2.08. The van der Waals surface area contributed by atoms with Gasteiger partial charge in [-0.2, -0.15) is 0 Å². The molecule has 0 aromatic heterocycles. The van der Waals surface area contributed by atoms with Crippen molar-refractivity contribution in [3.63, 3.8) is 0 Å². The van der Waals surface area contributed by atoms with Gasteiger partial charge in [0.1, 0.15) is 12.4 Å². The number of nitrogens with two attached hydrogens (primary N) is 1. The van der Waals surface area contributed by atoms with Gasteiger partial charge in [-0.15, -0.1) is 0 Å². The average molecular weight is 296 g/mol. The zero-order chi connectivity index (χ0) is 14.5. The average Bonchev–Trinajstić information content (AvgIpc) is 2.31. The molecule has 1 rings (SSSR count). The Bertz CT molecular complexity index is 522. The molecule has 0 radical (unpaired) electrons. The second kappa shape index (κ2) is 6.64. The molecule has 6 nitrogen and oxygen atoms in total. The van der Waals surface area contributed by atoms with E-state index in [9.17, 15) is 22.3 Å². The van der Waals surface area contributed by atoms with Gasteiger partial charge in [0.2, 0.25) is 10.0 Å². The summed E-state index contributed by atoms with van der Waals surface area (Å²) in [7, 11) is -3.81. The van der Waals surface area contributed by atoms with Gasteiger partial charge in [-0.3, -0.25) is 0 Å². The highest BCUT2D eigenvalue weighted by molar-refractivity contribution is 7.89. The summed E-state index contributed by atoms with van der Waals surface area (Å²) in [5, 5.41) is 9.18. The molecule has 4 N–H and O–H groups in total. The summed E-state index contributed by atoms with van der Waals surface area (Å²) in [4.78, 5) is -0.128. The van der Waals surface area contributed by atoms with Crippen molar-refractivity contribution in [3.05, 3.63) is 18.2 Å². The molecule has 0 saturated heterocycles. The molecule has 0 spiro atoms. The lowest BCUT2D eigenvalue weighted by atomic mass is 10.3. The fraction of sp³-hybridized carbons (Fsp3) is 0.400. The van der Waals surface area contributed by atoms with Gasteiger partial charge in [-0.1, -0.05) is 0 Å². The Morgan fingerprint density at radius 1 is 1.42 bits per heavy atom. The zero-order valence-electron chi connectivity index (χ0n) is 9.84. The van der Waals surface area contributed by atoms with E-state index in [0.717, 1.165) is 12.1 Å². The van der Waals surface area contributed by atoms with Crippen molar-refractivity contribution in [1.82, 2.24) is 4.72 Å². The Labute approximate surface area is 109 Å². The molecule has 0 fully saturated rings. The predicted molar refractivity (Wildman–Crippen MR) is 64.5 cm³/mol. The molecule has 0 aliphatic rings. The largest absolute Gasteiger partial charge is 0.506 e. The standard InChI is InChI=1S/C10H14F2N2O4S/c11-10(12)6-18-4-3-14-19(16,17)7-1-2-9(15)8(13)5-7/h1-2,5,10,14-15H,3-4,6,13H2. The molecule has 108 valence electrons.